The molecule has 6 rings (SSSR count). The number of benzene rings is 1. The van der Waals surface area contributed by atoms with Crippen LogP contribution < -0.4 is 5.32 Å². The van der Waals surface area contributed by atoms with Crippen molar-refractivity contribution in [2.24, 2.45) is 5.41 Å². The zero-order valence-corrected chi connectivity index (χ0v) is 25.2. The maximum Gasteiger partial charge on any atom is 0.248 e. The molecular formula is C30H32BrN7O3. The van der Waals surface area contributed by atoms with E-state index in [1.54, 1.807) is 28.9 Å². The second-order valence-corrected chi connectivity index (χ2v) is 12.4. The molecule has 0 spiro atoms. The number of carbonyl (C=O) groups excluding carboxylic acids is 2. The first-order valence-electron chi connectivity index (χ1n) is 13.7. The molecular weight excluding hydrogens is 586 g/mol. The van der Waals surface area contributed by atoms with E-state index in [1.807, 2.05) is 45.0 Å². The van der Waals surface area contributed by atoms with Gasteiger partial charge in [-0.15, -0.1) is 0 Å². The molecule has 2 aliphatic rings. The minimum Gasteiger partial charge on any atom is -0.387 e. The summed E-state index contributed by atoms with van der Waals surface area (Å²) in [6, 6.07) is 7.09. The van der Waals surface area contributed by atoms with Crippen molar-refractivity contribution >= 4 is 44.5 Å². The molecule has 11 heteroatoms. The Balaban J connectivity index is 1.31. The van der Waals surface area contributed by atoms with E-state index >= 15 is 0 Å². The van der Waals surface area contributed by atoms with Crippen molar-refractivity contribution in [2.45, 2.75) is 72.2 Å². The summed E-state index contributed by atoms with van der Waals surface area (Å²) in [7, 11) is 0. The van der Waals surface area contributed by atoms with Crippen molar-refractivity contribution in [2.75, 3.05) is 5.32 Å². The molecule has 2 amide bonds. The van der Waals surface area contributed by atoms with E-state index in [4.69, 9.17) is 5.10 Å². The first-order valence-corrected chi connectivity index (χ1v) is 14.5. The fraction of sp³-hybridized carbons (Fsp3) is 0.400. The Labute approximate surface area is 246 Å². The molecule has 4 aromatic rings. The number of fused-ring (bicyclic) bond motifs is 2. The monoisotopic (exact) mass is 617 g/mol. The number of anilines is 1. The van der Waals surface area contributed by atoms with Crippen LogP contribution in [0.5, 0.6) is 0 Å². The Morgan fingerprint density at radius 2 is 1.85 bits per heavy atom. The van der Waals surface area contributed by atoms with Gasteiger partial charge in [0.05, 0.1) is 17.3 Å². The third-order valence-corrected chi connectivity index (χ3v) is 8.83. The van der Waals surface area contributed by atoms with Crippen molar-refractivity contribution in [1.29, 1.82) is 0 Å². The van der Waals surface area contributed by atoms with Gasteiger partial charge in [0.2, 0.25) is 11.8 Å². The largest absolute Gasteiger partial charge is 0.387 e. The van der Waals surface area contributed by atoms with Gasteiger partial charge in [0, 0.05) is 29.4 Å². The van der Waals surface area contributed by atoms with Crippen LogP contribution in [0.3, 0.4) is 0 Å². The predicted octanol–water partition coefficient (Wildman–Crippen LogP) is 4.65. The number of likely N-dealkylation sites (tertiary alicyclic amines) is 1. The van der Waals surface area contributed by atoms with Gasteiger partial charge < -0.3 is 15.3 Å². The molecule has 1 saturated carbocycles. The van der Waals surface area contributed by atoms with Gasteiger partial charge in [0.1, 0.15) is 28.8 Å². The highest BCUT2D eigenvalue weighted by Gasteiger charge is 2.64. The molecule has 4 heterocycles. The quantitative estimate of drug-likeness (QED) is 0.302. The van der Waals surface area contributed by atoms with E-state index in [1.165, 1.54) is 0 Å². The van der Waals surface area contributed by atoms with Crippen molar-refractivity contribution < 1.29 is 14.7 Å². The number of halogens is 1. The third-order valence-electron chi connectivity index (χ3n) is 8.39. The SMILES string of the molecule is Cc1ncc(-c2cc(C)c3c(c2)c(C(C)O)nn3CC(=O)N2C3C[C@]3(C)C[C@H]2C(=O)Nc2nc(Br)ccc2C)cn1. The number of rotatable bonds is 6. The van der Waals surface area contributed by atoms with Crippen molar-refractivity contribution in [3.05, 3.63) is 63.9 Å². The number of piperidine rings is 1. The molecule has 0 radical (unpaired) electrons. The molecule has 1 saturated heterocycles. The van der Waals surface area contributed by atoms with E-state index in [0.717, 1.165) is 39.6 Å². The van der Waals surface area contributed by atoms with Crippen LogP contribution in [0.2, 0.25) is 0 Å². The molecule has 4 atom stereocenters. The van der Waals surface area contributed by atoms with Crippen molar-refractivity contribution in [1.82, 2.24) is 29.6 Å². The lowest BCUT2D eigenvalue weighted by atomic mass is 10.0. The Bertz CT molecular complexity index is 1700. The van der Waals surface area contributed by atoms with Gasteiger partial charge in [-0.2, -0.15) is 5.10 Å². The summed E-state index contributed by atoms with van der Waals surface area (Å²) in [4.78, 5) is 42.2. The Hall–Kier alpha value is -3.70. The molecule has 0 bridgehead atoms. The first kappa shape index (κ1) is 27.5. The fourth-order valence-electron chi connectivity index (χ4n) is 6.08. The highest BCUT2D eigenvalue weighted by atomic mass is 79.9. The van der Waals surface area contributed by atoms with Gasteiger partial charge in [-0.25, -0.2) is 15.0 Å². The summed E-state index contributed by atoms with van der Waals surface area (Å²) in [5.41, 5.74) is 4.71. The van der Waals surface area contributed by atoms with Gasteiger partial charge in [-0.05, 0) is 96.8 Å². The fourth-order valence-corrected chi connectivity index (χ4v) is 6.39. The summed E-state index contributed by atoms with van der Waals surface area (Å²) in [6.07, 6.45) is 4.18. The zero-order valence-electron chi connectivity index (χ0n) is 23.6. The van der Waals surface area contributed by atoms with Crippen LogP contribution in [-0.4, -0.2) is 58.6 Å². The molecule has 212 valence electrons. The van der Waals surface area contributed by atoms with Crippen LogP contribution in [0.25, 0.3) is 22.0 Å². The highest BCUT2D eigenvalue weighted by molar-refractivity contribution is 9.10. The van der Waals surface area contributed by atoms with Gasteiger partial charge in [-0.3, -0.25) is 14.3 Å². The number of pyridine rings is 1. The normalized spacial score (nSPS) is 22.1. The lowest BCUT2D eigenvalue weighted by molar-refractivity contribution is -0.138. The smallest absolute Gasteiger partial charge is 0.248 e. The number of aryl methyl sites for hydroxylation is 3. The van der Waals surface area contributed by atoms with Crippen LogP contribution >= 0.6 is 15.9 Å². The molecule has 41 heavy (non-hydrogen) atoms. The molecule has 1 aliphatic carbocycles. The van der Waals surface area contributed by atoms with Crippen molar-refractivity contribution in [3.8, 4) is 11.1 Å². The van der Waals surface area contributed by atoms with E-state index in [9.17, 15) is 14.7 Å². The number of aromatic nitrogens is 5. The molecule has 10 nitrogen and oxygen atoms in total. The number of carbonyl (C=O) groups is 2. The average Bonchev–Trinajstić information content (AvgIpc) is 3.27. The molecule has 3 aromatic heterocycles. The Kier molecular flexibility index (Phi) is 6.69. The van der Waals surface area contributed by atoms with Crippen LogP contribution in [0.4, 0.5) is 5.82 Å². The van der Waals surface area contributed by atoms with Crippen LogP contribution in [0, 0.1) is 26.2 Å². The first-order chi connectivity index (χ1) is 19.4. The summed E-state index contributed by atoms with van der Waals surface area (Å²) in [6.45, 7) is 9.44. The number of amides is 2. The Morgan fingerprint density at radius 1 is 1.12 bits per heavy atom. The average molecular weight is 619 g/mol. The summed E-state index contributed by atoms with van der Waals surface area (Å²) in [5, 5.41) is 19.0. The van der Waals surface area contributed by atoms with Crippen LogP contribution in [0.15, 0.2) is 41.3 Å². The minimum absolute atomic E-state index is 0.00890. The second kappa shape index (κ2) is 9.99. The zero-order chi connectivity index (χ0) is 29.2. The summed E-state index contributed by atoms with van der Waals surface area (Å²) < 4.78 is 2.29. The molecule has 2 unspecified atom stereocenters. The molecule has 1 aromatic carbocycles. The van der Waals surface area contributed by atoms with E-state index in [2.05, 4.69) is 43.1 Å². The molecule has 2 fully saturated rings. The maximum atomic E-state index is 13.9. The lowest BCUT2D eigenvalue weighted by Crippen LogP contribution is -2.47. The van der Waals surface area contributed by atoms with E-state index < -0.39 is 12.1 Å². The molecule has 2 N–H and O–H groups in total. The number of hydrogen-bond acceptors (Lipinski definition) is 7. The highest BCUT2D eigenvalue weighted by Crippen LogP contribution is 2.59. The van der Waals surface area contributed by atoms with E-state index in [-0.39, 0.29) is 29.8 Å². The number of hydrogen-bond donors (Lipinski definition) is 2. The summed E-state index contributed by atoms with van der Waals surface area (Å²) in [5.74, 6) is 0.752. The van der Waals surface area contributed by atoms with Crippen LogP contribution in [-0.2, 0) is 16.1 Å². The second-order valence-electron chi connectivity index (χ2n) is 11.6. The predicted molar refractivity (Wildman–Crippen MR) is 158 cm³/mol. The summed E-state index contributed by atoms with van der Waals surface area (Å²) >= 11 is 3.36. The third kappa shape index (κ3) is 4.91. The number of nitrogens with one attached hydrogen (secondary N) is 1. The van der Waals surface area contributed by atoms with Gasteiger partial charge >= 0.3 is 0 Å². The number of nitrogens with zero attached hydrogens (tertiary/aromatic N) is 6. The number of aliphatic hydroxyl groups is 1. The van der Waals surface area contributed by atoms with Gasteiger partial charge in [0.25, 0.3) is 0 Å². The minimum atomic E-state index is -0.837. The van der Waals surface area contributed by atoms with E-state index in [0.29, 0.717) is 28.4 Å². The molecule has 1 aliphatic heterocycles. The Morgan fingerprint density at radius 3 is 2.56 bits per heavy atom. The maximum absolute atomic E-state index is 13.9. The van der Waals surface area contributed by atoms with Gasteiger partial charge in [-0.1, -0.05) is 13.0 Å². The number of aliphatic hydroxyl groups excluding tert-OH is 1. The van der Waals surface area contributed by atoms with Gasteiger partial charge in [0.15, 0.2) is 0 Å². The standard InChI is InChI=1S/C30H32BrN7O3/c1-15-6-7-24(31)34-28(15)35-29(41)22-10-30(5)11-23(30)38(22)25(40)14-37-27-16(2)8-19(20-12-32-18(4)33-13-20)9-21(27)26(36-37)17(3)39/h6-9,12-13,17,22-23,39H,10-11,14H2,1-5H3,(H,34,35,41)/t17?,22-,23?,30-/m0/s1. The van der Waals surface area contributed by atoms with Crippen molar-refractivity contribution in [3.63, 3.8) is 0 Å². The topological polar surface area (TPSA) is 126 Å². The van der Waals surface area contributed by atoms with Crippen LogP contribution in [0.1, 0.15) is 55.4 Å². The lowest BCUT2D eigenvalue weighted by Gasteiger charge is -2.27.